The summed E-state index contributed by atoms with van der Waals surface area (Å²) in [6.07, 6.45) is 6.75. The standard InChI is InChI=1S/C17H30N2O/c1-4-16-9-7-6-8-10-19(16)13-15-11-17(12-18-5-2)20-14(15)3/h11,16,18H,4-10,12-13H2,1-3H3. The zero-order chi connectivity index (χ0) is 14.4. The van der Waals surface area contributed by atoms with Gasteiger partial charge in [0, 0.05) is 18.2 Å². The van der Waals surface area contributed by atoms with E-state index in [9.17, 15) is 0 Å². The molecule has 0 spiro atoms. The molecular weight excluding hydrogens is 248 g/mol. The van der Waals surface area contributed by atoms with E-state index in [-0.39, 0.29) is 0 Å². The van der Waals surface area contributed by atoms with E-state index in [1.807, 2.05) is 0 Å². The summed E-state index contributed by atoms with van der Waals surface area (Å²) in [7, 11) is 0. The summed E-state index contributed by atoms with van der Waals surface area (Å²) in [5.74, 6) is 2.17. The number of hydrogen-bond acceptors (Lipinski definition) is 3. The fourth-order valence-corrected chi connectivity index (χ4v) is 3.21. The second-order valence-electron chi connectivity index (χ2n) is 5.96. The van der Waals surface area contributed by atoms with Crippen LogP contribution in [0.25, 0.3) is 0 Å². The molecule has 0 amide bonds. The van der Waals surface area contributed by atoms with Gasteiger partial charge in [-0.2, -0.15) is 0 Å². The third kappa shape index (κ3) is 4.10. The summed E-state index contributed by atoms with van der Waals surface area (Å²) < 4.78 is 5.87. The monoisotopic (exact) mass is 278 g/mol. The predicted molar refractivity (Wildman–Crippen MR) is 83.8 cm³/mol. The van der Waals surface area contributed by atoms with Crippen molar-refractivity contribution in [2.45, 2.75) is 72.0 Å². The zero-order valence-electron chi connectivity index (χ0n) is 13.4. The molecule has 20 heavy (non-hydrogen) atoms. The molecule has 0 saturated carbocycles. The first kappa shape index (κ1) is 15.6. The number of nitrogens with one attached hydrogen (secondary N) is 1. The lowest BCUT2D eigenvalue weighted by Crippen LogP contribution is -2.33. The van der Waals surface area contributed by atoms with Gasteiger partial charge >= 0.3 is 0 Å². The average molecular weight is 278 g/mol. The van der Waals surface area contributed by atoms with E-state index in [1.54, 1.807) is 0 Å². The summed E-state index contributed by atoms with van der Waals surface area (Å²) in [5.41, 5.74) is 1.37. The van der Waals surface area contributed by atoms with Crippen LogP contribution in [-0.2, 0) is 13.1 Å². The van der Waals surface area contributed by atoms with E-state index in [0.29, 0.717) is 0 Å². The van der Waals surface area contributed by atoms with Gasteiger partial charge in [-0.3, -0.25) is 4.90 Å². The fraction of sp³-hybridized carbons (Fsp3) is 0.765. The first-order valence-corrected chi connectivity index (χ1v) is 8.27. The molecule has 0 radical (unpaired) electrons. The van der Waals surface area contributed by atoms with Gasteiger partial charge in [-0.15, -0.1) is 0 Å². The van der Waals surface area contributed by atoms with Gasteiger partial charge in [0.1, 0.15) is 11.5 Å². The van der Waals surface area contributed by atoms with Crippen molar-refractivity contribution in [1.29, 1.82) is 0 Å². The van der Waals surface area contributed by atoms with Crippen LogP contribution in [0.15, 0.2) is 10.5 Å². The molecule has 3 heteroatoms. The van der Waals surface area contributed by atoms with Gasteiger partial charge in [-0.25, -0.2) is 0 Å². The van der Waals surface area contributed by atoms with Crippen LogP contribution < -0.4 is 5.32 Å². The predicted octanol–water partition coefficient (Wildman–Crippen LogP) is 3.85. The van der Waals surface area contributed by atoms with Gasteiger partial charge in [0.25, 0.3) is 0 Å². The van der Waals surface area contributed by atoms with Crippen molar-refractivity contribution in [2.75, 3.05) is 13.1 Å². The van der Waals surface area contributed by atoms with Gasteiger partial charge in [-0.1, -0.05) is 26.7 Å². The largest absolute Gasteiger partial charge is 0.465 e. The lowest BCUT2D eigenvalue weighted by molar-refractivity contribution is 0.185. The van der Waals surface area contributed by atoms with Crippen LogP contribution in [0.1, 0.15) is 63.0 Å². The van der Waals surface area contributed by atoms with E-state index < -0.39 is 0 Å². The van der Waals surface area contributed by atoms with E-state index >= 15 is 0 Å². The molecule has 1 fully saturated rings. The zero-order valence-corrected chi connectivity index (χ0v) is 13.4. The number of rotatable bonds is 6. The van der Waals surface area contributed by atoms with E-state index in [1.165, 1.54) is 44.2 Å². The van der Waals surface area contributed by atoms with Crippen molar-refractivity contribution >= 4 is 0 Å². The van der Waals surface area contributed by atoms with Gasteiger partial charge < -0.3 is 9.73 Å². The molecule has 1 aliphatic heterocycles. The van der Waals surface area contributed by atoms with E-state index in [2.05, 4.69) is 37.1 Å². The Kier molecular flexibility index (Phi) is 6.11. The molecule has 1 saturated heterocycles. The Morgan fingerprint density at radius 1 is 1.30 bits per heavy atom. The number of aryl methyl sites for hydroxylation is 1. The van der Waals surface area contributed by atoms with E-state index in [4.69, 9.17) is 4.42 Å². The average Bonchev–Trinajstić information content (AvgIpc) is 2.65. The number of likely N-dealkylation sites (tertiary alicyclic amines) is 1. The molecule has 2 heterocycles. The highest BCUT2D eigenvalue weighted by Gasteiger charge is 2.21. The van der Waals surface area contributed by atoms with Crippen LogP contribution in [-0.4, -0.2) is 24.0 Å². The Balaban J connectivity index is 2.01. The third-order valence-electron chi connectivity index (χ3n) is 4.46. The Labute approximate surface area is 123 Å². The van der Waals surface area contributed by atoms with Crippen LogP contribution in [0, 0.1) is 6.92 Å². The van der Waals surface area contributed by atoms with Gasteiger partial charge in [0.2, 0.25) is 0 Å². The topological polar surface area (TPSA) is 28.4 Å². The summed E-state index contributed by atoms with van der Waals surface area (Å²) >= 11 is 0. The van der Waals surface area contributed by atoms with Crippen LogP contribution >= 0.6 is 0 Å². The van der Waals surface area contributed by atoms with Crippen molar-refractivity contribution in [3.8, 4) is 0 Å². The smallest absolute Gasteiger partial charge is 0.118 e. The Morgan fingerprint density at radius 3 is 2.90 bits per heavy atom. The van der Waals surface area contributed by atoms with Crippen LogP contribution in [0.3, 0.4) is 0 Å². The van der Waals surface area contributed by atoms with Crippen LogP contribution in [0.5, 0.6) is 0 Å². The molecule has 3 nitrogen and oxygen atoms in total. The molecule has 1 aromatic rings. The second-order valence-corrected chi connectivity index (χ2v) is 5.96. The summed E-state index contributed by atoms with van der Waals surface area (Å²) in [5, 5.41) is 3.33. The van der Waals surface area contributed by atoms with Gasteiger partial charge in [-0.05, 0) is 45.3 Å². The molecule has 1 unspecified atom stereocenters. The Hall–Kier alpha value is -0.800. The summed E-state index contributed by atoms with van der Waals surface area (Å²) in [4.78, 5) is 2.67. The Bertz CT molecular complexity index is 400. The maximum Gasteiger partial charge on any atom is 0.118 e. The van der Waals surface area contributed by atoms with Crippen molar-refractivity contribution < 1.29 is 4.42 Å². The van der Waals surface area contributed by atoms with Crippen LogP contribution in [0.4, 0.5) is 0 Å². The normalized spacial score (nSPS) is 21.1. The molecule has 1 aliphatic rings. The van der Waals surface area contributed by atoms with Crippen molar-refractivity contribution in [1.82, 2.24) is 10.2 Å². The molecule has 2 rings (SSSR count). The van der Waals surface area contributed by atoms with Crippen molar-refractivity contribution in [3.63, 3.8) is 0 Å². The quantitative estimate of drug-likeness (QED) is 0.856. The molecule has 114 valence electrons. The second kappa shape index (κ2) is 7.84. The number of furan rings is 1. The molecule has 0 aliphatic carbocycles. The molecule has 0 bridgehead atoms. The Morgan fingerprint density at radius 2 is 2.15 bits per heavy atom. The van der Waals surface area contributed by atoms with Crippen LogP contribution in [0.2, 0.25) is 0 Å². The molecule has 0 aromatic carbocycles. The lowest BCUT2D eigenvalue weighted by Gasteiger charge is -2.28. The molecule has 1 aromatic heterocycles. The minimum absolute atomic E-state index is 0.754. The molecular formula is C17H30N2O. The minimum Gasteiger partial charge on any atom is -0.465 e. The summed E-state index contributed by atoms with van der Waals surface area (Å²) in [6.45, 7) is 10.7. The highest BCUT2D eigenvalue weighted by Crippen LogP contribution is 2.24. The first-order valence-electron chi connectivity index (χ1n) is 8.27. The van der Waals surface area contributed by atoms with Gasteiger partial charge in [0.05, 0.1) is 6.54 Å². The first-order chi connectivity index (χ1) is 9.74. The maximum atomic E-state index is 5.87. The lowest BCUT2D eigenvalue weighted by atomic mass is 10.1. The fourth-order valence-electron chi connectivity index (χ4n) is 3.21. The minimum atomic E-state index is 0.754. The highest BCUT2D eigenvalue weighted by atomic mass is 16.3. The SMILES string of the molecule is CCNCc1cc(CN2CCCCCC2CC)c(C)o1. The number of nitrogens with zero attached hydrogens (tertiary/aromatic N) is 1. The van der Waals surface area contributed by atoms with Crippen molar-refractivity contribution in [3.05, 3.63) is 23.2 Å². The maximum absolute atomic E-state index is 5.87. The number of hydrogen-bond donors (Lipinski definition) is 1. The third-order valence-corrected chi connectivity index (χ3v) is 4.46. The van der Waals surface area contributed by atoms with Crippen molar-refractivity contribution in [2.24, 2.45) is 0 Å². The summed E-state index contributed by atoms with van der Waals surface area (Å²) in [6, 6.07) is 3.00. The van der Waals surface area contributed by atoms with E-state index in [0.717, 1.165) is 37.2 Å². The van der Waals surface area contributed by atoms with Gasteiger partial charge in [0.15, 0.2) is 0 Å². The molecule has 1 N–H and O–H groups in total. The molecule has 1 atom stereocenters. The highest BCUT2D eigenvalue weighted by molar-refractivity contribution is 5.21.